The zero-order valence-corrected chi connectivity index (χ0v) is 11.9. The summed E-state index contributed by atoms with van der Waals surface area (Å²) in [6.45, 7) is 1.88. The monoisotopic (exact) mass is 291 g/mol. The van der Waals surface area contributed by atoms with Gasteiger partial charge in [-0.3, -0.25) is 9.89 Å². The highest BCUT2D eigenvalue weighted by Crippen LogP contribution is 2.27. The first-order valence-corrected chi connectivity index (χ1v) is 6.96. The van der Waals surface area contributed by atoms with E-state index in [-0.39, 0.29) is 5.91 Å². The Kier molecular flexibility index (Phi) is 2.72. The zero-order valence-electron chi connectivity index (χ0n) is 11.9. The fourth-order valence-corrected chi connectivity index (χ4v) is 2.61. The van der Waals surface area contributed by atoms with Gasteiger partial charge in [-0.1, -0.05) is 30.3 Å². The van der Waals surface area contributed by atoms with Crippen molar-refractivity contribution in [3.63, 3.8) is 0 Å². The van der Waals surface area contributed by atoms with Gasteiger partial charge < -0.3 is 9.73 Å². The minimum atomic E-state index is -0.265. The van der Waals surface area contributed by atoms with Crippen LogP contribution in [0.3, 0.4) is 0 Å². The van der Waals surface area contributed by atoms with Crippen molar-refractivity contribution in [2.45, 2.75) is 6.92 Å². The van der Waals surface area contributed by atoms with E-state index < -0.39 is 0 Å². The maximum absolute atomic E-state index is 12.5. The van der Waals surface area contributed by atoms with Crippen molar-refractivity contribution in [2.75, 3.05) is 5.32 Å². The fraction of sp³-hybridized carbons (Fsp3) is 0.0588. The molecule has 5 heteroatoms. The van der Waals surface area contributed by atoms with Crippen LogP contribution in [0.15, 0.2) is 52.9 Å². The van der Waals surface area contributed by atoms with E-state index in [0.29, 0.717) is 17.0 Å². The molecule has 0 aliphatic rings. The fourth-order valence-electron chi connectivity index (χ4n) is 2.61. The van der Waals surface area contributed by atoms with Crippen LogP contribution in [0.25, 0.3) is 21.9 Å². The van der Waals surface area contributed by atoms with Crippen LogP contribution in [0.5, 0.6) is 0 Å². The molecule has 108 valence electrons. The lowest BCUT2D eigenvalue weighted by atomic mass is 10.2. The van der Waals surface area contributed by atoms with Gasteiger partial charge in [0, 0.05) is 10.8 Å². The largest absolute Gasteiger partial charge is 0.459 e. The van der Waals surface area contributed by atoms with Crippen LogP contribution in [0, 0.1) is 6.92 Å². The van der Waals surface area contributed by atoms with Crippen molar-refractivity contribution in [3.05, 3.63) is 60.0 Å². The number of nitrogens with zero attached hydrogens (tertiary/aromatic N) is 1. The number of anilines is 1. The molecule has 0 fully saturated rings. The van der Waals surface area contributed by atoms with E-state index >= 15 is 0 Å². The predicted molar refractivity (Wildman–Crippen MR) is 85.0 cm³/mol. The van der Waals surface area contributed by atoms with Gasteiger partial charge in [0.05, 0.1) is 11.2 Å². The van der Waals surface area contributed by atoms with Crippen LogP contribution < -0.4 is 5.32 Å². The Bertz CT molecular complexity index is 997. The van der Waals surface area contributed by atoms with Crippen LogP contribution in [-0.2, 0) is 0 Å². The molecule has 1 amide bonds. The molecule has 2 heterocycles. The first kappa shape index (κ1) is 12.6. The highest BCUT2D eigenvalue weighted by atomic mass is 16.3. The van der Waals surface area contributed by atoms with Gasteiger partial charge in [0.25, 0.3) is 5.91 Å². The summed E-state index contributed by atoms with van der Waals surface area (Å²) < 4.78 is 5.66. The number of hydrogen-bond acceptors (Lipinski definition) is 3. The quantitative estimate of drug-likeness (QED) is 0.589. The number of H-pyrrole nitrogens is 1. The molecule has 0 spiro atoms. The summed E-state index contributed by atoms with van der Waals surface area (Å²) in [7, 11) is 0. The smallest absolute Gasteiger partial charge is 0.276 e. The Hall–Kier alpha value is -3.08. The van der Waals surface area contributed by atoms with Crippen molar-refractivity contribution >= 4 is 33.5 Å². The summed E-state index contributed by atoms with van der Waals surface area (Å²) in [5.41, 5.74) is 2.52. The molecule has 5 nitrogen and oxygen atoms in total. The molecule has 0 radical (unpaired) electrons. The number of fused-ring (bicyclic) bond motifs is 2. The number of carbonyl (C=O) groups excluding carboxylic acids is 1. The molecule has 0 saturated carbocycles. The average Bonchev–Trinajstić information content (AvgIpc) is 3.10. The number of rotatable bonds is 2. The van der Waals surface area contributed by atoms with E-state index in [1.807, 2.05) is 55.5 Å². The van der Waals surface area contributed by atoms with Crippen LogP contribution in [-0.4, -0.2) is 16.1 Å². The van der Waals surface area contributed by atoms with Gasteiger partial charge in [0.2, 0.25) is 0 Å². The van der Waals surface area contributed by atoms with E-state index in [4.69, 9.17) is 4.42 Å². The van der Waals surface area contributed by atoms with Gasteiger partial charge >= 0.3 is 0 Å². The lowest BCUT2D eigenvalue weighted by molar-refractivity contribution is 0.102. The topological polar surface area (TPSA) is 70.9 Å². The molecule has 0 atom stereocenters. The zero-order chi connectivity index (χ0) is 15.1. The lowest BCUT2D eigenvalue weighted by Crippen LogP contribution is -2.12. The Morgan fingerprint density at radius 3 is 2.95 bits per heavy atom. The molecule has 2 aromatic heterocycles. The SMILES string of the molecule is Cc1cc2cccc(NC(=O)c3n[nH]c4ccccc34)c2o1. The Balaban J connectivity index is 1.74. The number of amides is 1. The molecule has 0 saturated heterocycles. The van der Waals surface area contributed by atoms with Crippen LogP contribution in [0.2, 0.25) is 0 Å². The minimum Gasteiger partial charge on any atom is -0.459 e. The maximum atomic E-state index is 12.5. The van der Waals surface area contributed by atoms with E-state index in [2.05, 4.69) is 15.5 Å². The standard InChI is InChI=1S/C17H13N3O2/c1-10-9-11-5-4-8-14(16(11)22-10)18-17(21)15-12-6-2-3-7-13(12)19-20-15/h2-9H,1H3,(H,18,21)(H,19,20). The highest BCUT2D eigenvalue weighted by Gasteiger charge is 2.16. The number of nitrogens with one attached hydrogen (secondary N) is 2. The number of benzene rings is 2. The molecular formula is C17H13N3O2. The van der Waals surface area contributed by atoms with Crippen molar-refractivity contribution < 1.29 is 9.21 Å². The minimum absolute atomic E-state index is 0.265. The predicted octanol–water partition coefficient (Wildman–Crippen LogP) is 3.87. The average molecular weight is 291 g/mol. The lowest BCUT2D eigenvalue weighted by Gasteiger charge is -2.04. The van der Waals surface area contributed by atoms with Crippen LogP contribution in [0.4, 0.5) is 5.69 Å². The third-order valence-corrected chi connectivity index (χ3v) is 3.60. The Morgan fingerprint density at radius 1 is 1.18 bits per heavy atom. The first-order chi connectivity index (χ1) is 10.7. The van der Waals surface area contributed by atoms with Gasteiger partial charge in [-0.15, -0.1) is 0 Å². The van der Waals surface area contributed by atoms with Crippen molar-refractivity contribution in [1.29, 1.82) is 0 Å². The number of aryl methyl sites for hydroxylation is 1. The van der Waals surface area contributed by atoms with Gasteiger partial charge in [0.1, 0.15) is 5.76 Å². The first-order valence-electron chi connectivity index (χ1n) is 6.96. The Morgan fingerprint density at radius 2 is 2.05 bits per heavy atom. The number of furan rings is 1. The number of carbonyl (C=O) groups is 1. The van der Waals surface area contributed by atoms with E-state index in [1.54, 1.807) is 0 Å². The number of hydrogen-bond donors (Lipinski definition) is 2. The van der Waals surface area contributed by atoms with E-state index in [0.717, 1.165) is 22.0 Å². The third-order valence-electron chi connectivity index (χ3n) is 3.60. The van der Waals surface area contributed by atoms with Gasteiger partial charge in [0.15, 0.2) is 11.3 Å². The molecule has 0 unspecified atom stereocenters. The summed E-state index contributed by atoms with van der Waals surface area (Å²) in [6, 6.07) is 15.1. The molecule has 4 aromatic rings. The van der Waals surface area contributed by atoms with E-state index in [9.17, 15) is 4.79 Å². The van der Waals surface area contributed by atoms with E-state index in [1.165, 1.54) is 0 Å². The second-order valence-corrected chi connectivity index (χ2v) is 5.15. The Labute approximate surface area is 125 Å². The van der Waals surface area contributed by atoms with Crippen molar-refractivity contribution in [1.82, 2.24) is 10.2 Å². The maximum Gasteiger partial charge on any atom is 0.276 e. The summed E-state index contributed by atoms with van der Waals surface area (Å²) in [5, 5.41) is 11.6. The summed E-state index contributed by atoms with van der Waals surface area (Å²) in [4.78, 5) is 12.5. The van der Waals surface area contributed by atoms with Crippen molar-refractivity contribution in [3.8, 4) is 0 Å². The summed E-state index contributed by atoms with van der Waals surface area (Å²) in [5.74, 6) is 0.543. The molecule has 2 N–H and O–H groups in total. The number of para-hydroxylation sites is 2. The number of aromatic nitrogens is 2. The van der Waals surface area contributed by atoms with Crippen LogP contribution >= 0.6 is 0 Å². The second-order valence-electron chi connectivity index (χ2n) is 5.15. The van der Waals surface area contributed by atoms with Gasteiger partial charge in [-0.2, -0.15) is 5.10 Å². The third kappa shape index (κ3) is 1.95. The number of aromatic amines is 1. The molecular weight excluding hydrogens is 278 g/mol. The molecule has 0 aliphatic carbocycles. The van der Waals surface area contributed by atoms with Crippen molar-refractivity contribution in [2.24, 2.45) is 0 Å². The summed E-state index contributed by atoms with van der Waals surface area (Å²) >= 11 is 0. The van der Waals surface area contributed by atoms with Gasteiger partial charge in [-0.25, -0.2) is 0 Å². The molecule has 2 aromatic carbocycles. The molecule has 0 aliphatic heterocycles. The molecule has 22 heavy (non-hydrogen) atoms. The summed E-state index contributed by atoms with van der Waals surface area (Å²) in [6.07, 6.45) is 0. The molecule has 4 rings (SSSR count). The normalized spacial score (nSPS) is 11.1. The highest BCUT2D eigenvalue weighted by molar-refractivity contribution is 6.13. The van der Waals surface area contributed by atoms with Crippen LogP contribution in [0.1, 0.15) is 16.2 Å². The van der Waals surface area contributed by atoms with Gasteiger partial charge in [-0.05, 0) is 25.1 Å². The molecule has 0 bridgehead atoms. The second kappa shape index (κ2) is 4.73.